The van der Waals surface area contributed by atoms with E-state index in [-0.39, 0.29) is 22.0 Å². The molecule has 2 heterocycles. The van der Waals surface area contributed by atoms with Crippen LogP contribution in [0.4, 0.5) is 9.39 Å². The number of aromatic nitrogens is 1. The molecule has 0 spiro atoms. The van der Waals surface area contributed by atoms with Crippen LogP contribution in [0.3, 0.4) is 0 Å². The molecular formula is C27H32FN3O7S3. The number of hydrogen-bond donors (Lipinski definition) is 1. The SMILES string of the molecule is CCOCCn1c(=NC(=O)CS(=O)(=O)CC(=O)Nc2sc3c(c2C(=O)OCC)CCC(C)C3)sc2cc(F)ccc21. The maximum Gasteiger partial charge on any atom is 0.341 e. The van der Waals surface area contributed by atoms with Crippen LogP contribution in [0.25, 0.3) is 10.2 Å². The normalized spacial score (nSPS) is 15.6. The molecule has 2 amide bonds. The van der Waals surface area contributed by atoms with Crippen LogP contribution in [-0.2, 0) is 48.3 Å². The summed E-state index contributed by atoms with van der Waals surface area (Å²) in [4.78, 5) is 43.4. The summed E-state index contributed by atoms with van der Waals surface area (Å²) >= 11 is 2.30. The first-order valence-corrected chi connectivity index (χ1v) is 16.7. The van der Waals surface area contributed by atoms with Crippen molar-refractivity contribution in [3.63, 3.8) is 0 Å². The highest BCUT2D eigenvalue weighted by molar-refractivity contribution is 7.92. The van der Waals surface area contributed by atoms with E-state index >= 15 is 0 Å². The van der Waals surface area contributed by atoms with Gasteiger partial charge in [-0.3, -0.25) is 9.59 Å². The highest BCUT2D eigenvalue weighted by Gasteiger charge is 2.30. The highest BCUT2D eigenvalue weighted by Crippen LogP contribution is 2.40. The van der Waals surface area contributed by atoms with Gasteiger partial charge in [0.25, 0.3) is 5.91 Å². The molecule has 1 aromatic carbocycles. The van der Waals surface area contributed by atoms with E-state index in [0.717, 1.165) is 34.6 Å². The van der Waals surface area contributed by atoms with Gasteiger partial charge < -0.3 is 19.4 Å². The Labute approximate surface area is 245 Å². The van der Waals surface area contributed by atoms with Gasteiger partial charge in [-0.25, -0.2) is 17.6 Å². The Morgan fingerprint density at radius 3 is 2.68 bits per heavy atom. The molecule has 1 aliphatic rings. The number of esters is 1. The van der Waals surface area contributed by atoms with E-state index in [9.17, 15) is 27.2 Å². The van der Waals surface area contributed by atoms with Gasteiger partial charge >= 0.3 is 5.97 Å². The fraction of sp³-hybridized carbons (Fsp3) is 0.481. The fourth-order valence-electron chi connectivity index (χ4n) is 4.65. The minimum atomic E-state index is -4.20. The zero-order valence-corrected chi connectivity index (χ0v) is 25.5. The first kappa shape index (κ1) is 31.0. The molecule has 1 aliphatic carbocycles. The summed E-state index contributed by atoms with van der Waals surface area (Å²) in [7, 11) is -4.20. The van der Waals surface area contributed by atoms with E-state index in [0.29, 0.717) is 42.3 Å². The van der Waals surface area contributed by atoms with Gasteiger partial charge in [0.15, 0.2) is 14.6 Å². The summed E-state index contributed by atoms with van der Waals surface area (Å²) in [6.07, 6.45) is 2.32. The lowest BCUT2D eigenvalue weighted by atomic mass is 9.88. The quantitative estimate of drug-likeness (QED) is 0.254. The Kier molecular flexibility index (Phi) is 10.1. The smallest absolute Gasteiger partial charge is 0.341 e. The minimum Gasteiger partial charge on any atom is -0.462 e. The second-order valence-corrected chi connectivity index (χ2v) is 13.9. The predicted octanol–water partition coefficient (Wildman–Crippen LogP) is 3.72. The van der Waals surface area contributed by atoms with E-state index < -0.39 is 44.9 Å². The van der Waals surface area contributed by atoms with Crippen molar-refractivity contribution in [2.45, 2.75) is 46.6 Å². The number of carbonyl (C=O) groups is 3. The lowest BCUT2D eigenvalue weighted by molar-refractivity contribution is -0.115. The van der Waals surface area contributed by atoms with Gasteiger partial charge in [0.1, 0.15) is 22.3 Å². The Bertz CT molecular complexity index is 1640. The molecule has 1 atom stereocenters. The van der Waals surface area contributed by atoms with Crippen molar-refractivity contribution in [3.05, 3.63) is 44.8 Å². The number of thiophene rings is 1. The van der Waals surface area contributed by atoms with Crippen LogP contribution in [0.1, 0.15) is 48.0 Å². The number of sulfone groups is 1. The molecule has 0 aliphatic heterocycles. The third-order valence-electron chi connectivity index (χ3n) is 6.47. The average molecular weight is 626 g/mol. The van der Waals surface area contributed by atoms with Crippen molar-refractivity contribution >= 4 is 65.5 Å². The molecule has 1 unspecified atom stereocenters. The van der Waals surface area contributed by atoms with Crippen LogP contribution in [0.15, 0.2) is 23.2 Å². The van der Waals surface area contributed by atoms with Gasteiger partial charge in [-0.1, -0.05) is 18.3 Å². The number of fused-ring (bicyclic) bond motifs is 2. The number of halogens is 1. The van der Waals surface area contributed by atoms with Crippen LogP contribution >= 0.6 is 22.7 Å². The zero-order chi connectivity index (χ0) is 29.7. The molecule has 0 fully saturated rings. The molecule has 2 aromatic heterocycles. The molecule has 14 heteroatoms. The van der Waals surface area contributed by atoms with Crippen molar-refractivity contribution in [1.29, 1.82) is 0 Å². The highest BCUT2D eigenvalue weighted by atomic mass is 32.2. The Morgan fingerprint density at radius 1 is 1.17 bits per heavy atom. The van der Waals surface area contributed by atoms with E-state index in [1.807, 2.05) is 6.92 Å². The van der Waals surface area contributed by atoms with Gasteiger partial charge in [-0.2, -0.15) is 4.99 Å². The van der Waals surface area contributed by atoms with Crippen LogP contribution in [0.2, 0.25) is 0 Å². The lowest BCUT2D eigenvalue weighted by Crippen LogP contribution is -2.28. The second kappa shape index (κ2) is 13.4. The van der Waals surface area contributed by atoms with Crippen LogP contribution in [0, 0.1) is 11.7 Å². The molecule has 41 heavy (non-hydrogen) atoms. The van der Waals surface area contributed by atoms with Crippen LogP contribution in [0.5, 0.6) is 0 Å². The summed E-state index contributed by atoms with van der Waals surface area (Å²) < 4.78 is 52.2. The van der Waals surface area contributed by atoms with Crippen molar-refractivity contribution in [3.8, 4) is 0 Å². The molecular weight excluding hydrogens is 594 g/mol. The third kappa shape index (κ3) is 7.67. The fourth-order valence-corrected chi connectivity index (χ4v) is 8.18. The molecule has 1 N–H and O–H groups in total. The zero-order valence-electron chi connectivity index (χ0n) is 23.0. The number of nitrogens with zero attached hydrogens (tertiary/aromatic N) is 2. The molecule has 0 saturated carbocycles. The number of nitrogens with one attached hydrogen (secondary N) is 1. The molecule has 4 rings (SSSR count). The molecule has 0 bridgehead atoms. The van der Waals surface area contributed by atoms with Crippen molar-refractivity contribution in [2.75, 3.05) is 36.6 Å². The van der Waals surface area contributed by atoms with Gasteiger partial charge in [0.05, 0.1) is 29.0 Å². The largest absolute Gasteiger partial charge is 0.462 e. The number of hydrogen-bond acceptors (Lipinski definition) is 9. The standard InChI is InChI=1S/C27H32FN3O7S3/c1-4-37-11-10-31-19-9-7-17(28)13-21(19)40-27(31)30-23(33)15-41(35,36)14-22(32)29-25-24(26(34)38-5-2)18-8-6-16(3)12-20(18)39-25/h7,9,13,16H,4-6,8,10-12,14-15H2,1-3H3,(H,29,32). The molecule has 222 valence electrons. The van der Waals surface area contributed by atoms with Gasteiger partial charge in [-0.15, -0.1) is 11.3 Å². The number of amides is 2. The Morgan fingerprint density at radius 2 is 1.95 bits per heavy atom. The number of benzene rings is 1. The summed E-state index contributed by atoms with van der Waals surface area (Å²) in [5.41, 5.74) is 1.74. The third-order valence-corrected chi connectivity index (χ3v) is 10.1. The number of rotatable bonds is 11. The number of carbonyl (C=O) groups excluding carboxylic acids is 3. The molecule has 0 saturated heterocycles. The van der Waals surface area contributed by atoms with Crippen molar-refractivity contribution < 1.29 is 36.7 Å². The van der Waals surface area contributed by atoms with Gasteiger partial charge in [0, 0.05) is 18.0 Å². The summed E-state index contributed by atoms with van der Waals surface area (Å²) in [6.45, 7) is 6.92. The second-order valence-electron chi connectivity index (χ2n) is 9.71. The van der Waals surface area contributed by atoms with E-state index in [1.54, 1.807) is 17.6 Å². The Balaban J connectivity index is 1.51. The summed E-state index contributed by atoms with van der Waals surface area (Å²) in [6, 6.07) is 4.17. The lowest BCUT2D eigenvalue weighted by Gasteiger charge is -2.18. The molecule has 10 nitrogen and oxygen atoms in total. The van der Waals surface area contributed by atoms with E-state index in [1.165, 1.54) is 23.5 Å². The van der Waals surface area contributed by atoms with Gasteiger partial charge in [-0.05, 0) is 62.8 Å². The maximum atomic E-state index is 13.8. The summed E-state index contributed by atoms with van der Waals surface area (Å²) in [5, 5.41) is 2.82. The number of anilines is 1. The monoisotopic (exact) mass is 625 g/mol. The van der Waals surface area contributed by atoms with Crippen molar-refractivity contribution in [2.24, 2.45) is 10.9 Å². The van der Waals surface area contributed by atoms with E-state index in [2.05, 4.69) is 17.2 Å². The molecule has 0 radical (unpaired) electrons. The number of thiazole rings is 1. The van der Waals surface area contributed by atoms with E-state index in [4.69, 9.17) is 9.47 Å². The maximum absolute atomic E-state index is 13.8. The predicted molar refractivity (Wildman–Crippen MR) is 156 cm³/mol. The van der Waals surface area contributed by atoms with Crippen molar-refractivity contribution in [1.82, 2.24) is 4.57 Å². The van der Waals surface area contributed by atoms with Gasteiger partial charge in [0.2, 0.25) is 5.91 Å². The Hall–Kier alpha value is -2.94. The number of ether oxygens (including phenoxy) is 2. The van der Waals surface area contributed by atoms with Crippen LogP contribution < -0.4 is 10.1 Å². The topological polar surface area (TPSA) is 133 Å². The average Bonchev–Trinajstić information content (AvgIpc) is 3.39. The summed E-state index contributed by atoms with van der Waals surface area (Å²) in [5.74, 6) is -4.36. The minimum absolute atomic E-state index is 0.160. The first-order valence-electron chi connectivity index (χ1n) is 13.3. The van der Waals surface area contributed by atoms with Crippen LogP contribution in [-0.4, -0.2) is 62.1 Å². The molecule has 3 aromatic rings. The first-order chi connectivity index (χ1) is 19.5.